The highest BCUT2D eigenvalue weighted by Gasteiger charge is 2.30. The molecule has 13 heavy (non-hydrogen) atoms. The van der Waals surface area contributed by atoms with Crippen molar-refractivity contribution in [2.24, 2.45) is 5.92 Å². The van der Waals surface area contributed by atoms with Crippen LogP contribution in [0, 0.1) is 5.92 Å². The van der Waals surface area contributed by atoms with Gasteiger partial charge in [0.05, 0.1) is 6.61 Å². The summed E-state index contributed by atoms with van der Waals surface area (Å²) in [7, 11) is 1.59. The van der Waals surface area contributed by atoms with Gasteiger partial charge in [0, 0.05) is 7.11 Å². The quantitative estimate of drug-likeness (QED) is 0.503. The molecule has 1 fully saturated rings. The van der Waals surface area contributed by atoms with Gasteiger partial charge in [-0.3, -0.25) is 4.79 Å². The van der Waals surface area contributed by atoms with Crippen molar-refractivity contribution in [1.82, 2.24) is 5.32 Å². The lowest BCUT2D eigenvalue weighted by molar-refractivity contribution is -0.147. The Morgan fingerprint density at radius 1 is 1.54 bits per heavy atom. The third-order valence-electron chi connectivity index (χ3n) is 2.32. The molecule has 0 aromatic rings. The fourth-order valence-corrected chi connectivity index (χ4v) is 1.47. The summed E-state index contributed by atoms with van der Waals surface area (Å²) in [5, 5.41) is 3.12. The van der Waals surface area contributed by atoms with Crippen molar-refractivity contribution in [3.63, 3.8) is 0 Å². The maximum Gasteiger partial charge on any atom is 0.323 e. The van der Waals surface area contributed by atoms with Gasteiger partial charge < -0.3 is 14.8 Å². The van der Waals surface area contributed by atoms with E-state index in [-0.39, 0.29) is 12.0 Å². The molecule has 76 valence electrons. The van der Waals surface area contributed by atoms with Crippen molar-refractivity contribution in [2.45, 2.75) is 19.4 Å². The summed E-state index contributed by atoms with van der Waals surface area (Å²) < 4.78 is 9.79. The van der Waals surface area contributed by atoms with Crippen molar-refractivity contribution >= 4 is 5.97 Å². The van der Waals surface area contributed by atoms with Crippen LogP contribution in [0.4, 0.5) is 0 Å². The number of carbonyl (C=O) groups excluding carboxylic acids is 1. The zero-order chi connectivity index (χ0) is 9.68. The molecular weight excluding hydrogens is 170 g/mol. The van der Waals surface area contributed by atoms with E-state index in [1.165, 1.54) is 0 Å². The molecule has 0 saturated carbocycles. The normalized spacial score (nSPS) is 27.5. The largest absolute Gasteiger partial charge is 0.462 e. The van der Waals surface area contributed by atoms with Crippen molar-refractivity contribution in [3.8, 4) is 0 Å². The van der Waals surface area contributed by atoms with Crippen LogP contribution in [-0.4, -0.2) is 38.9 Å². The second-order valence-corrected chi connectivity index (χ2v) is 3.36. The molecule has 1 heterocycles. The van der Waals surface area contributed by atoms with Gasteiger partial charge in [0.25, 0.3) is 0 Å². The lowest BCUT2D eigenvalue weighted by atomic mass is 10.0. The van der Waals surface area contributed by atoms with Crippen molar-refractivity contribution in [3.05, 3.63) is 0 Å². The number of methoxy groups -OCH3 is 1. The minimum absolute atomic E-state index is 0.114. The summed E-state index contributed by atoms with van der Waals surface area (Å²) in [6.45, 7) is 3.78. The fourth-order valence-electron chi connectivity index (χ4n) is 1.47. The van der Waals surface area contributed by atoms with Gasteiger partial charge in [-0.15, -0.1) is 0 Å². The Morgan fingerprint density at radius 3 is 2.85 bits per heavy atom. The molecule has 4 nitrogen and oxygen atoms in total. The van der Waals surface area contributed by atoms with E-state index < -0.39 is 0 Å². The lowest BCUT2D eigenvalue weighted by Gasteiger charge is -2.13. The number of carbonyl (C=O) groups is 1. The van der Waals surface area contributed by atoms with Crippen molar-refractivity contribution in [2.75, 3.05) is 26.9 Å². The summed E-state index contributed by atoms with van der Waals surface area (Å²) in [5.74, 6) is 0.233. The first-order valence-electron chi connectivity index (χ1n) is 4.64. The smallest absolute Gasteiger partial charge is 0.323 e. The summed E-state index contributed by atoms with van der Waals surface area (Å²) in [6.07, 6.45) is 1.05. The third kappa shape index (κ3) is 2.97. The topological polar surface area (TPSA) is 47.6 Å². The van der Waals surface area contributed by atoms with Gasteiger partial charge in [0.1, 0.15) is 12.6 Å². The van der Waals surface area contributed by atoms with E-state index in [2.05, 4.69) is 12.2 Å². The molecule has 1 rings (SSSR count). The molecule has 2 unspecified atom stereocenters. The Balaban J connectivity index is 2.22. The number of ether oxygens (including phenoxy) is 2. The van der Waals surface area contributed by atoms with Gasteiger partial charge >= 0.3 is 5.97 Å². The maximum absolute atomic E-state index is 11.4. The van der Waals surface area contributed by atoms with E-state index in [9.17, 15) is 4.79 Å². The van der Waals surface area contributed by atoms with Gasteiger partial charge in [-0.05, 0) is 18.9 Å². The fraction of sp³-hybridized carbons (Fsp3) is 0.889. The predicted octanol–water partition coefficient (Wildman–Crippen LogP) is 0.174. The van der Waals surface area contributed by atoms with Crippen LogP contribution >= 0.6 is 0 Å². The molecule has 0 bridgehead atoms. The summed E-state index contributed by atoms with van der Waals surface area (Å²) in [5.41, 5.74) is 0. The lowest BCUT2D eigenvalue weighted by Crippen LogP contribution is -2.36. The van der Waals surface area contributed by atoms with E-state index >= 15 is 0 Å². The predicted molar refractivity (Wildman–Crippen MR) is 48.4 cm³/mol. The first kappa shape index (κ1) is 10.5. The number of hydrogen-bond acceptors (Lipinski definition) is 4. The Kier molecular flexibility index (Phi) is 4.18. The molecule has 0 amide bonds. The number of esters is 1. The van der Waals surface area contributed by atoms with Crippen LogP contribution in [0.5, 0.6) is 0 Å². The molecule has 4 heteroatoms. The highest BCUT2D eigenvalue weighted by molar-refractivity contribution is 5.76. The van der Waals surface area contributed by atoms with Crippen LogP contribution in [-0.2, 0) is 14.3 Å². The first-order chi connectivity index (χ1) is 6.25. The van der Waals surface area contributed by atoms with Crippen LogP contribution in [0.25, 0.3) is 0 Å². The van der Waals surface area contributed by atoms with E-state index in [4.69, 9.17) is 9.47 Å². The van der Waals surface area contributed by atoms with E-state index in [0.29, 0.717) is 19.1 Å². The second-order valence-electron chi connectivity index (χ2n) is 3.36. The van der Waals surface area contributed by atoms with Gasteiger partial charge in [0.15, 0.2) is 0 Å². The van der Waals surface area contributed by atoms with Crippen LogP contribution in [0.15, 0.2) is 0 Å². The van der Waals surface area contributed by atoms with Gasteiger partial charge in [-0.1, -0.05) is 6.92 Å². The van der Waals surface area contributed by atoms with Crippen LogP contribution in [0.3, 0.4) is 0 Å². The van der Waals surface area contributed by atoms with Crippen LogP contribution < -0.4 is 5.32 Å². The molecule has 1 N–H and O–H groups in total. The zero-order valence-electron chi connectivity index (χ0n) is 8.21. The molecule has 0 aliphatic carbocycles. The van der Waals surface area contributed by atoms with Crippen LogP contribution in [0.1, 0.15) is 13.3 Å². The molecule has 0 aromatic carbocycles. The second kappa shape index (κ2) is 5.19. The highest BCUT2D eigenvalue weighted by Crippen LogP contribution is 2.15. The number of rotatable bonds is 4. The standard InChI is InChI=1S/C9H17NO3/c1-7-3-4-10-8(7)9(11)13-6-5-12-2/h7-8,10H,3-6H2,1-2H3. The number of nitrogens with one attached hydrogen (secondary N) is 1. The minimum Gasteiger partial charge on any atom is -0.462 e. The van der Waals surface area contributed by atoms with Crippen molar-refractivity contribution in [1.29, 1.82) is 0 Å². The SMILES string of the molecule is COCCOC(=O)C1NCCC1C. The number of hydrogen-bond donors (Lipinski definition) is 1. The molecular formula is C9H17NO3. The van der Waals surface area contributed by atoms with E-state index in [0.717, 1.165) is 13.0 Å². The first-order valence-corrected chi connectivity index (χ1v) is 4.64. The van der Waals surface area contributed by atoms with Gasteiger partial charge in [-0.25, -0.2) is 0 Å². The zero-order valence-corrected chi connectivity index (χ0v) is 8.21. The summed E-state index contributed by atoms with van der Waals surface area (Å²) >= 11 is 0. The summed E-state index contributed by atoms with van der Waals surface area (Å²) in [4.78, 5) is 11.4. The molecule has 0 aromatic heterocycles. The third-order valence-corrected chi connectivity index (χ3v) is 2.32. The monoisotopic (exact) mass is 187 g/mol. The Morgan fingerprint density at radius 2 is 2.31 bits per heavy atom. The average Bonchev–Trinajstić information content (AvgIpc) is 2.52. The Labute approximate surface area is 78.6 Å². The highest BCUT2D eigenvalue weighted by atomic mass is 16.6. The Bertz CT molecular complexity index is 172. The molecule has 0 radical (unpaired) electrons. The van der Waals surface area contributed by atoms with Gasteiger partial charge in [-0.2, -0.15) is 0 Å². The molecule has 2 atom stereocenters. The molecule has 1 aliphatic rings. The maximum atomic E-state index is 11.4. The summed E-state index contributed by atoms with van der Waals surface area (Å²) in [6, 6.07) is -0.114. The molecule has 1 aliphatic heterocycles. The Hall–Kier alpha value is -0.610. The molecule has 1 saturated heterocycles. The van der Waals surface area contributed by atoms with E-state index in [1.807, 2.05) is 0 Å². The van der Waals surface area contributed by atoms with Gasteiger partial charge in [0.2, 0.25) is 0 Å². The molecule has 0 spiro atoms. The van der Waals surface area contributed by atoms with Crippen molar-refractivity contribution < 1.29 is 14.3 Å². The average molecular weight is 187 g/mol. The minimum atomic E-state index is -0.151. The van der Waals surface area contributed by atoms with E-state index in [1.54, 1.807) is 7.11 Å². The van der Waals surface area contributed by atoms with Crippen LogP contribution in [0.2, 0.25) is 0 Å².